The van der Waals surface area contributed by atoms with Gasteiger partial charge in [-0.25, -0.2) is 0 Å². The Balaban J connectivity index is 1.37. The molecule has 2 atom stereocenters. The van der Waals surface area contributed by atoms with Gasteiger partial charge in [-0.1, -0.05) is 30.3 Å². The second kappa shape index (κ2) is 7.51. The summed E-state index contributed by atoms with van der Waals surface area (Å²) in [6, 6.07) is 12.6. The van der Waals surface area contributed by atoms with E-state index in [2.05, 4.69) is 52.0 Å². The molecule has 2 aliphatic rings. The van der Waals surface area contributed by atoms with Crippen molar-refractivity contribution in [3.05, 3.63) is 57.8 Å². The number of hydrogen-bond donors (Lipinski definition) is 1. The first-order chi connectivity index (χ1) is 12.7. The van der Waals surface area contributed by atoms with E-state index in [9.17, 15) is 4.79 Å². The molecule has 0 saturated carbocycles. The molecule has 3 heterocycles. The Hall–Kier alpha value is -1.69. The van der Waals surface area contributed by atoms with E-state index in [0.717, 1.165) is 32.4 Å². The Morgan fingerprint density at radius 3 is 3.08 bits per heavy atom. The Kier molecular flexibility index (Phi) is 5.11. The molecule has 2 unspecified atom stereocenters. The summed E-state index contributed by atoms with van der Waals surface area (Å²) in [6.07, 6.45) is 2.99. The number of thiophene rings is 1. The minimum atomic E-state index is -0.236. The molecule has 0 bridgehead atoms. The van der Waals surface area contributed by atoms with Gasteiger partial charge >= 0.3 is 0 Å². The van der Waals surface area contributed by atoms with Gasteiger partial charge in [0.15, 0.2) is 0 Å². The molecule has 2 aliphatic heterocycles. The predicted molar refractivity (Wildman–Crippen MR) is 104 cm³/mol. The average molecular weight is 371 g/mol. The number of rotatable bonds is 5. The highest BCUT2D eigenvalue weighted by molar-refractivity contribution is 7.09. The number of nitrogens with zero attached hydrogens (tertiary/aromatic N) is 1. The minimum Gasteiger partial charge on any atom is -0.364 e. The number of carbonyl (C=O) groups excluding carboxylic acids is 1. The van der Waals surface area contributed by atoms with Crippen LogP contribution in [0.15, 0.2) is 41.8 Å². The van der Waals surface area contributed by atoms with Gasteiger partial charge in [0.2, 0.25) is 5.91 Å². The summed E-state index contributed by atoms with van der Waals surface area (Å²) < 4.78 is 6.27. The third-order valence-corrected chi connectivity index (χ3v) is 6.61. The molecule has 1 aromatic carbocycles. The van der Waals surface area contributed by atoms with Crippen molar-refractivity contribution in [3.8, 4) is 0 Å². The Bertz CT molecular complexity index is 757. The first kappa shape index (κ1) is 17.7. The second-order valence-corrected chi connectivity index (χ2v) is 8.34. The number of fused-ring (bicyclic) bond motifs is 2. The lowest BCUT2D eigenvalue weighted by molar-refractivity contribution is -0.132. The standard InChI is InChI=1S/C21H26N2O2S/c1-16(20(24)22-11-9-18-7-4-13-26-18)23-12-5-10-21(15-23)19-8-3-2-6-17(19)14-25-21/h2-4,6-8,13,16H,5,9-12,14-15H2,1H3,(H,22,24). The van der Waals surface area contributed by atoms with E-state index in [-0.39, 0.29) is 17.6 Å². The molecule has 26 heavy (non-hydrogen) atoms. The van der Waals surface area contributed by atoms with E-state index in [1.165, 1.54) is 16.0 Å². The number of benzene rings is 1. The molecule has 1 spiro atoms. The number of nitrogens with one attached hydrogen (secondary N) is 1. The summed E-state index contributed by atoms with van der Waals surface area (Å²) in [5.41, 5.74) is 2.37. The Labute approximate surface area is 159 Å². The van der Waals surface area contributed by atoms with Crippen LogP contribution in [0.2, 0.25) is 0 Å². The van der Waals surface area contributed by atoms with Gasteiger partial charge < -0.3 is 10.1 Å². The molecule has 1 saturated heterocycles. The summed E-state index contributed by atoms with van der Waals surface area (Å²) in [6.45, 7) is 5.14. The van der Waals surface area contributed by atoms with E-state index >= 15 is 0 Å². The maximum absolute atomic E-state index is 12.6. The summed E-state index contributed by atoms with van der Waals surface area (Å²) in [5.74, 6) is 0.116. The number of piperidine rings is 1. The van der Waals surface area contributed by atoms with Gasteiger partial charge in [-0.2, -0.15) is 0 Å². The van der Waals surface area contributed by atoms with Gasteiger partial charge in [-0.15, -0.1) is 11.3 Å². The third kappa shape index (κ3) is 3.43. The Morgan fingerprint density at radius 2 is 2.23 bits per heavy atom. The Morgan fingerprint density at radius 1 is 1.35 bits per heavy atom. The van der Waals surface area contributed by atoms with Crippen molar-refractivity contribution < 1.29 is 9.53 Å². The van der Waals surface area contributed by atoms with Crippen LogP contribution in [-0.4, -0.2) is 36.5 Å². The lowest BCUT2D eigenvalue weighted by atomic mass is 9.84. The smallest absolute Gasteiger partial charge is 0.237 e. The van der Waals surface area contributed by atoms with E-state index in [0.29, 0.717) is 13.2 Å². The third-order valence-electron chi connectivity index (χ3n) is 5.67. The molecule has 1 fully saturated rings. The summed E-state index contributed by atoms with van der Waals surface area (Å²) in [5, 5.41) is 5.18. The quantitative estimate of drug-likeness (QED) is 0.878. The van der Waals surface area contributed by atoms with Crippen LogP contribution in [0.5, 0.6) is 0 Å². The van der Waals surface area contributed by atoms with Crippen molar-refractivity contribution >= 4 is 17.2 Å². The van der Waals surface area contributed by atoms with Gasteiger partial charge in [0, 0.05) is 18.0 Å². The maximum Gasteiger partial charge on any atom is 0.237 e. The van der Waals surface area contributed by atoms with E-state index < -0.39 is 0 Å². The topological polar surface area (TPSA) is 41.6 Å². The molecule has 4 rings (SSSR count). The highest BCUT2D eigenvalue weighted by Gasteiger charge is 2.44. The molecule has 5 heteroatoms. The van der Waals surface area contributed by atoms with E-state index in [4.69, 9.17) is 4.74 Å². The largest absolute Gasteiger partial charge is 0.364 e. The molecular formula is C21H26N2O2S. The van der Waals surface area contributed by atoms with Crippen molar-refractivity contribution in [2.45, 2.75) is 44.4 Å². The van der Waals surface area contributed by atoms with Gasteiger partial charge in [-0.3, -0.25) is 9.69 Å². The van der Waals surface area contributed by atoms with Gasteiger partial charge in [0.25, 0.3) is 0 Å². The first-order valence-corrected chi connectivity index (χ1v) is 10.3. The van der Waals surface area contributed by atoms with Crippen LogP contribution < -0.4 is 5.32 Å². The zero-order chi connectivity index (χ0) is 18.0. The summed E-state index contributed by atoms with van der Waals surface area (Å²) in [7, 11) is 0. The minimum absolute atomic E-state index is 0.116. The predicted octanol–water partition coefficient (Wildman–Crippen LogP) is 3.32. The lowest BCUT2D eigenvalue weighted by Crippen LogP contribution is -2.53. The van der Waals surface area contributed by atoms with Crippen LogP contribution in [0.3, 0.4) is 0 Å². The van der Waals surface area contributed by atoms with E-state index in [1.807, 2.05) is 6.92 Å². The molecule has 1 amide bonds. The molecule has 1 aromatic heterocycles. The fourth-order valence-corrected chi connectivity index (χ4v) is 4.89. The zero-order valence-electron chi connectivity index (χ0n) is 15.2. The van der Waals surface area contributed by atoms with Crippen LogP contribution in [-0.2, 0) is 28.2 Å². The first-order valence-electron chi connectivity index (χ1n) is 9.44. The molecule has 1 N–H and O–H groups in total. The highest BCUT2D eigenvalue weighted by atomic mass is 32.1. The molecule has 0 radical (unpaired) electrons. The summed E-state index contributed by atoms with van der Waals surface area (Å²) >= 11 is 1.74. The SMILES string of the molecule is CC(C(=O)NCCc1cccs1)N1CCCC2(C1)OCc1ccccc12. The van der Waals surface area contributed by atoms with Gasteiger partial charge in [-0.05, 0) is 55.3 Å². The van der Waals surface area contributed by atoms with Crippen molar-refractivity contribution in [2.24, 2.45) is 0 Å². The highest BCUT2D eigenvalue weighted by Crippen LogP contribution is 2.43. The average Bonchev–Trinajstić information content (AvgIpc) is 3.30. The molecule has 138 valence electrons. The number of ether oxygens (including phenoxy) is 1. The summed E-state index contributed by atoms with van der Waals surface area (Å²) in [4.78, 5) is 16.2. The van der Waals surface area contributed by atoms with Crippen LogP contribution >= 0.6 is 11.3 Å². The van der Waals surface area contributed by atoms with Crippen molar-refractivity contribution in [2.75, 3.05) is 19.6 Å². The lowest BCUT2D eigenvalue weighted by Gasteiger charge is -2.42. The van der Waals surface area contributed by atoms with Crippen LogP contribution in [0.1, 0.15) is 35.8 Å². The van der Waals surface area contributed by atoms with E-state index in [1.54, 1.807) is 11.3 Å². The maximum atomic E-state index is 12.6. The zero-order valence-corrected chi connectivity index (χ0v) is 16.1. The normalized spacial score (nSPS) is 23.7. The molecular weight excluding hydrogens is 344 g/mol. The van der Waals surface area contributed by atoms with Gasteiger partial charge in [0.1, 0.15) is 5.60 Å². The number of carbonyl (C=O) groups is 1. The molecule has 2 aromatic rings. The fourth-order valence-electron chi connectivity index (χ4n) is 4.18. The fraction of sp³-hybridized carbons (Fsp3) is 0.476. The van der Waals surface area contributed by atoms with Crippen molar-refractivity contribution in [3.63, 3.8) is 0 Å². The van der Waals surface area contributed by atoms with Crippen molar-refractivity contribution in [1.29, 1.82) is 0 Å². The number of amides is 1. The van der Waals surface area contributed by atoms with Crippen molar-refractivity contribution in [1.82, 2.24) is 10.2 Å². The van der Waals surface area contributed by atoms with Crippen LogP contribution in [0.4, 0.5) is 0 Å². The molecule has 4 nitrogen and oxygen atoms in total. The second-order valence-electron chi connectivity index (χ2n) is 7.31. The van der Waals surface area contributed by atoms with Crippen LogP contribution in [0, 0.1) is 0 Å². The number of hydrogen-bond acceptors (Lipinski definition) is 4. The monoisotopic (exact) mass is 370 g/mol. The van der Waals surface area contributed by atoms with Crippen LogP contribution in [0.25, 0.3) is 0 Å². The number of likely N-dealkylation sites (tertiary alicyclic amines) is 1. The molecule has 0 aliphatic carbocycles. The van der Waals surface area contributed by atoms with Gasteiger partial charge in [0.05, 0.1) is 12.6 Å².